The summed E-state index contributed by atoms with van der Waals surface area (Å²) in [5.74, 6) is -1.25. The molecule has 98 valence electrons. The molecule has 1 amide bonds. The van der Waals surface area contributed by atoms with E-state index >= 15 is 0 Å². The van der Waals surface area contributed by atoms with Crippen molar-refractivity contribution < 1.29 is 18.7 Å². The fourth-order valence-electron chi connectivity index (χ4n) is 1.70. The summed E-state index contributed by atoms with van der Waals surface area (Å²) < 4.78 is 10.3. The molecule has 0 unspecified atom stereocenters. The number of fused-ring (bicyclic) bond motifs is 1. The van der Waals surface area contributed by atoms with Crippen molar-refractivity contribution in [1.82, 2.24) is 0 Å². The number of amides is 1. The lowest BCUT2D eigenvalue weighted by atomic mass is 10.1. The first-order valence-corrected chi connectivity index (χ1v) is 5.44. The van der Waals surface area contributed by atoms with Crippen LogP contribution in [-0.4, -0.2) is 19.3 Å². The lowest BCUT2D eigenvalue weighted by molar-refractivity contribution is -0.127. The van der Waals surface area contributed by atoms with Crippen molar-refractivity contribution in [2.24, 2.45) is 0 Å². The number of aryl methyl sites for hydroxylation is 1. The smallest absolute Gasteiger partial charge is 0.290 e. The molecule has 0 spiro atoms. The molecule has 6 nitrogen and oxygen atoms in total. The summed E-state index contributed by atoms with van der Waals surface area (Å²) in [7, 11) is 1.28. The largest absolute Gasteiger partial charge is 0.488 e. The summed E-state index contributed by atoms with van der Waals surface area (Å²) in [5, 5.41) is 2.51. The van der Waals surface area contributed by atoms with Crippen molar-refractivity contribution in [3.05, 3.63) is 34.0 Å². The molecule has 1 heterocycles. The van der Waals surface area contributed by atoms with Gasteiger partial charge in [0.15, 0.2) is 0 Å². The fraction of sp³-hybridized carbons (Fsp3) is 0.154. The topological polar surface area (TPSA) is 85.6 Å². The van der Waals surface area contributed by atoms with Crippen molar-refractivity contribution in [2.75, 3.05) is 12.4 Å². The van der Waals surface area contributed by atoms with Gasteiger partial charge in [-0.25, -0.2) is 0 Å². The molecule has 0 radical (unpaired) electrons. The van der Waals surface area contributed by atoms with Crippen molar-refractivity contribution in [2.45, 2.75) is 6.92 Å². The minimum Gasteiger partial charge on any atom is -0.488 e. The second kappa shape index (κ2) is 4.93. The zero-order valence-electron chi connectivity index (χ0n) is 10.4. The van der Waals surface area contributed by atoms with Crippen LogP contribution in [0.4, 0.5) is 5.88 Å². The molecule has 0 aliphatic heterocycles. The number of nitrogens with one attached hydrogen (secondary N) is 1. The normalized spacial score (nSPS) is 10.2. The molecule has 0 bridgehead atoms. The first-order valence-electron chi connectivity index (χ1n) is 5.44. The number of anilines is 1. The number of carbonyl (C=O) groups is 2. The van der Waals surface area contributed by atoms with Crippen molar-refractivity contribution in [3.8, 4) is 5.75 Å². The third-order valence-electron chi connectivity index (χ3n) is 2.55. The van der Waals surface area contributed by atoms with E-state index in [4.69, 9.17) is 9.15 Å². The molecule has 0 saturated carbocycles. The number of methoxy groups -OCH3 is 1. The number of ether oxygens (including phenoxy) is 1. The first-order chi connectivity index (χ1) is 9.06. The molecule has 0 atom stereocenters. The lowest BCUT2D eigenvalue weighted by Gasteiger charge is -2.08. The summed E-state index contributed by atoms with van der Waals surface area (Å²) in [4.78, 5) is 33.6. The Morgan fingerprint density at radius 3 is 2.79 bits per heavy atom. The third-order valence-corrected chi connectivity index (χ3v) is 2.55. The van der Waals surface area contributed by atoms with Gasteiger partial charge in [-0.2, -0.15) is 0 Å². The van der Waals surface area contributed by atoms with Crippen LogP contribution in [0.2, 0.25) is 0 Å². The highest BCUT2D eigenvalue weighted by atomic mass is 16.5. The molecule has 0 aliphatic carbocycles. The van der Waals surface area contributed by atoms with Crippen LogP contribution in [0, 0.1) is 6.92 Å². The molecule has 6 heteroatoms. The number of carbonyl (C=O) groups excluding carboxylic acids is 2. The van der Waals surface area contributed by atoms with Crippen molar-refractivity contribution in [3.63, 3.8) is 0 Å². The highest BCUT2D eigenvalue weighted by molar-refractivity contribution is 6.29. The van der Waals surface area contributed by atoms with Crippen molar-refractivity contribution in [1.29, 1.82) is 0 Å². The summed E-state index contributed by atoms with van der Waals surface area (Å²) >= 11 is 0. The summed E-state index contributed by atoms with van der Waals surface area (Å²) in [6, 6.07) is 5.04. The maximum Gasteiger partial charge on any atom is 0.290 e. The highest BCUT2D eigenvalue weighted by Gasteiger charge is 2.16. The first kappa shape index (κ1) is 12.8. The van der Waals surface area contributed by atoms with E-state index in [0.717, 1.165) is 5.56 Å². The Hall–Kier alpha value is -2.63. The molecule has 1 aromatic heterocycles. The molecule has 19 heavy (non-hydrogen) atoms. The van der Waals surface area contributed by atoms with Gasteiger partial charge in [0.25, 0.3) is 5.91 Å². The Morgan fingerprint density at radius 2 is 2.16 bits per heavy atom. The second-order valence-electron chi connectivity index (χ2n) is 3.90. The Balaban J connectivity index is 2.71. The average molecular weight is 261 g/mol. The van der Waals surface area contributed by atoms with Crippen LogP contribution < -0.4 is 15.5 Å². The standard InChI is InChI=1S/C13H11NO5/c1-7-3-4-9-8(5-7)11(17)12(18-2)13(19-9)14-10(16)6-15/h3-6H,1-2H3,(H,14,16). The quantitative estimate of drug-likeness (QED) is 0.663. The van der Waals surface area contributed by atoms with Gasteiger partial charge < -0.3 is 9.15 Å². The van der Waals surface area contributed by atoms with Crippen molar-refractivity contribution >= 4 is 29.0 Å². The minimum atomic E-state index is -0.923. The molecule has 1 aromatic carbocycles. The molecule has 2 aromatic rings. The number of hydrogen-bond acceptors (Lipinski definition) is 5. The maximum atomic E-state index is 12.2. The van der Waals surface area contributed by atoms with E-state index in [1.807, 2.05) is 6.92 Å². The van der Waals surface area contributed by atoms with E-state index in [1.54, 1.807) is 18.2 Å². The fourth-order valence-corrected chi connectivity index (χ4v) is 1.70. The van der Waals surface area contributed by atoms with E-state index < -0.39 is 11.3 Å². The number of aldehydes is 1. The van der Waals surface area contributed by atoms with E-state index in [2.05, 4.69) is 5.32 Å². The number of benzene rings is 1. The maximum absolute atomic E-state index is 12.2. The van der Waals surface area contributed by atoms with Crippen LogP contribution >= 0.6 is 0 Å². The average Bonchev–Trinajstić information content (AvgIpc) is 2.40. The Bertz CT molecular complexity index is 717. The Labute approximate surface area is 108 Å². The summed E-state index contributed by atoms with van der Waals surface area (Å²) in [6.45, 7) is 1.84. The van der Waals surface area contributed by atoms with E-state index in [1.165, 1.54) is 7.11 Å². The SMILES string of the molecule is COc1c(NC(=O)C=O)oc2ccc(C)cc2c1=O. The van der Waals surface area contributed by atoms with Crippen LogP contribution in [0.5, 0.6) is 5.75 Å². The highest BCUT2D eigenvalue weighted by Crippen LogP contribution is 2.25. The van der Waals surface area contributed by atoms with Crippen LogP contribution in [0.15, 0.2) is 27.4 Å². The van der Waals surface area contributed by atoms with Gasteiger partial charge in [0.2, 0.25) is 23.3 Å². The van der Waals surface area contributed by atoms with Gasteiger partial charge in [-0.05, 0) is 19.1 Å². The molecular weight excluding hydrogens is 250 g/mol. The molecule has 1 N–H and O–H groups in total. The zero-order valence-corrected chi connectivity index (χ0v) is 10.4. The molecule has 2 rings (SSSR count). The summed E-state index contributed by atoms with van der Waals surface area (Å²) in [5.41, 5.74) is 0.790. The Morgan fingerprint density at radius 1 is 1.42 bits per heavy atom. The number of rotatable bonds is 3. The van der Waals surface area contributed by atoms with Gasteiger partial charge >= 0.3 is 0 Å². The third kappa shape index (κ3) is 2.33. The predicted octanol–water partition coefficient (Wildman–Crippen LogP) is 1.25. The lowest BCUT2D eigenvalue weighted by Crippen LogP contribution is -2.16. The van der Waals surface area contributed by atoms with Gasteiger partial charge in [0.05, 0.1) is 12.5 Å². The van der Waals surface area contributed by atoms with E-state index in [0.29, 0.717) is 11.0 Å². The van der Waals surface area contributed by atoms with Gasteiger partial charge in [0.1, 0.15) is 5.58 Å². The van der Waals surface area contributed by atoms with Gasteiger partial charge in [0, 0.05) is 0 Å². The van der Waals surface area contributed by atoms with Crippen LogP contribution in [0.3, 0.4) is 0 Å². The summed E-state index contributed by atoms with van der Waals surface area (Å²) in [6.07, 6.45) is 0.0821. The Kier molecular flexibility index (Phi) is 3.33. The monoisotopic (exact) mass is 261 g/mol. The van der Waals surface area contributed by atoms with Crippen LogP contribution in [-0.2, 0) is 9.59 Å². The van der Waals surface area contributed by atoms with Gasteiger partial charge in [-0.3, -0.25) is 19.7 Å². The zero-order chi connectivity index (χ0) is 14.0. The molecule has 0 fully saturated rings. The predicted molar refractivity (Wildman–Crippen MR) is 68.5 cm³/mol. The van der Waals surface area contributed by atoms with Crippen LogP contribution in [0.1, 0.15) is 5.56 Å². The van der Waals surface area contributed by atoms with E-state index in [-0.39, 0.29) is 17.9 Å². The van der Waals surface area contributed by atoms with Gasteiger partial charge in [-0.1, -0.05) is 11.6 Å². The number of hydrogen-bond donors (Lipinski definition) is 1. The molecule has 0 saturated heterocycles. The second-order valence-corrected chi connectivity index (χ2v) is 3.90. The van der Waals surface area contributed by atoms with Crippen LogP contribution in [0.25, 0.3) is 11.0 Å². The molecular formula is C13H11NO5. The molecule has 0 aliphatic rings. The van der Waals surface area contributed by atoms with E-state index in [9.17, 15) is 14.4 Å². The van der Waals surface area contributed by atoms with Gasteiger partial charge in [-0.15, -0.1) is 0 Å². The minimum absolute atomic E-state index is 0.0821.